The summed E-state index contributed by atoms with van der Waals surface area (Å²) < 4.78 is 0. The first-order valence-corrected chi connectivity index (χ1v) is 7.79. The van der Waals surface area contributed by atoms with E-state index in [0.717, 1.165) is 13.1 Å². The quantitative estimate of drug-likeness (QED) is 0.791. The summed E-state index contributed by atoms with van der Waals surface area (Å²) in [7, 11) is 0. The molecule has 2 amide bonds. The summed E-state index contributed by atoms with van der Waals surface area (Å²) >= 11 is 1.73. The van der Waals surface area contributed by atoms with Crippen molar-refractivity contribution in [1.29, 1.82) is 0 Å². The minimum absolute atomic E-state index is 0.00344. The van der Waals surface area contributed by atoms with Gasteiger partial charge in [0, 0.05) is 32.0 Å². The molecule has 0 aromatic carbocycles. The smallest absolute Gasteiger partial charge is 0.229 e. The molecule has 1 aromatic heterocycles. The lowest BCUT2D eigenvalue weighted by molar-refractivity contribution is -0.138. The van der Waals surface area contributed by atoms with Gasteiger partial charge in [-0.25, -0.2) is 0 Å². The summed E-state index contributed by atoms with van der Waals surface area (Å²) in [6.45, 7) is 2.42. The summed E-state index contributed by atoms with van der Waals surface area (Å²) in [6.07, 6.45) is 3.17. The number of rotatable bonds is 4. The van der Waals surface area contributed by atoms with Crippen LogP contribution in [0.25, 0.3) is 0 Å². The van der Waals surface area contributed by atoms with Gasteiger partial charge in [0.2, 0.25) is 11.8 Å². The lowest BCUT2D eigenvalue weighted by Gasteiger charge is -2.25. The monoisotopic (exact) mass is 278 g/mol. The second-order valence-electron chi connectivity index (χ2n) is 5.19. The van der Waals surface area contributed by atoms with Crippen LogP contribution in [-0.4, -0.2) is 41.2 Å². The van der Waals surface area contributed by atoms with Crippen LogP contribution in [0.4, 0.5) is 0 Å². The van der Waals surface area contributed by atoms with E-state index < -0.39 is 0 Å². The minimum Gasteiger partial charge on any atom is -0.295 e. The van der Waals surface area contributed by atoms with Gasteiger partial charge in [-0.1, -0.05) is 0 Å². The molecular formula is C14H18N2O2S. The standard InChI is InChI=1S/C14H18N2O2S/c17-13-3-4-14(18)16(13)8-7-15-6-1-2-12(15)11-5-9-19-10-11/h5,9-10,12H,1-4,6-8H2/t12-/m1/s1. The van der Waals surface area contributed by atoms with Crippen LogP contribution in [0.2, 0.25) is 0 Å². The van der Waals surface area contributed by atoms with E-state index in [1.54, 1.807) is 11.3 Å². The second-order valence-corrected chi connectivity index (χ2v) is 5.97. The Hall–Kier alpha value is -1.20. The number of amides is 2. The molecule has 1 aromatic rings. The van der Waals surface area contributed by atoms with E-state index in [9.17, 15) is 9.59 Å². The Labute approximate surface area is 117 Å². The number of hydrogen-bond acceptors (Lipinski definition) is 4. The van der Waals surface area contributed by atoms with Gasteiger partial charge in [-0.3, -0.25) is 19.4 Å². The number of likely N-dealkylation sites (tertiary alicyclic amines) is 2. The fourth-order valence-corrected chi connectivity index (χ4v) is 3.74. The molecule has 19 heavy (non-hydrogen) atoms. The molecule has 0 spiro atoms. The van der Waals surface area contributed by atoms with Gasteiger partial charge in [-0.05, 0) is 41.8 Å². The Morgan fingerprint density at radius 3 is 2.68 bits per heavy atom. The Morgan fingerprint density at radius 2 is 2.00 bits per heavy atom. The topological polar surface area (TPSA) is 40.6 Å². The largest absolute Gasteiger partial charge is 0.295 e. The van der Waals surface area contributed by atoms with E-state index >= 15 is 0 Å². The first kappa shape index (κ1) is 12.8. The minimum atomic E-state index is -0.00344. The summed E-state index contributed by atoms with van der Waals surface area (Å²) in [6, 6.07) is 2.65. The maximum atomic E-state index is 11.6. The fourth-order valence-electron chi connectivity index (χ4n) is 3.04. The highest BCUT2D eigenvalue weighted by molar-refractivity contribution is 7.07. The normalized spacial score (nSPS) is 24.6. The van der Waals surface area contributed by atoms with Gasteiger partial charge in [0.1, 0.15) is 0 Å². The van der Waals surface area contributed by atoms with E-state index in [4.69, 9.17) is 0 Å². The fraction of sp³-hybridized carbons (Fsp3) is 0.571. The first-order valence-electron chi connectivity index (χ1n) is 6.85. The highest BCUT2D eigenvalue weighted by Gasteiger charge is 2.31. The molecule has 0 radical (unpaired) electrons. The molecule has 3 rings (SSSR count). The van der Waals surface area contributed by atoms with E-state index in [1.807, 2.05) is 0 Å². The molecule has 3 heterocycles. The number of nitrogens with zero attached hydrogens (tertiary/aromatic N) is 2. The lowest BCUT2D eigenvalue weighted by Crippen LogP contribution is -2.37. The highest BCUT2D eigenvalue weighted by atomic mass is 32.1. The molecule has 2 saturated heterocycles. The number of hydrogen-bond donors (Lipinski definition) is 0. The maximum absolute atomic E-state index is 11.6. The third kappa shape index (κ3) is 2.58. The van der Waals surface area contributed by atoms with Crippen LogP contribution in [0.15, 0.2) is 16.8 Å². The molecule has 102 valence electrons. The van der Waals surface area contributed by atoms with Crippen molar-refractivity contribution >= 4 is 23.2 Å². The Kier molecular flexibility index (Phi) is 3.66. The first-order chi connectivity index (χ1) is 9.25. The summed E-state index contributed by atoms with van der Waals surface area (Å²) in [5.74, 6) is -0.00689. The molecule has 0 unspecified atom stereocenters. The predicted molar refractivity (Wildman–Crippen MR) is 73.8 cm³/mol. The van der Waals surface area contributed by atoms with Gasteiger partial charge in [-0.2, -0.15) is 11.3 Å². The van der Waals surface area contributed by atoms with Crippen molar-refractivity contribution in [2.24, 2.45) is 0 Å². The van der Waals surface area contributed by atoms with Gasteiger partial charge in [-0.15, -0.1) is 0 Å². The van der Waals surface area contributed by atoms with Crippen molar-refractivity contribution in [3.05, 3.63) is 22.4 Å². The van der Waals surface area contributed by atoms with Crippen molar-refractivity contribution in [1.82, 2.24) is 9.80 Å². The number of carbonyl (C=O) groups is 2. The van der Waals surface area contributed by atoms with E-state index in [2.05, 4.69) is 21.7 Å². The Morgan fingerprint density at radius 1 is 1.21 bits per heavy atom. The highest BCUT2D eigenvalue weighted by Crippen LogP contribution is 2.32. The molecule has 1 atom stereocenters. The van der Waals surface area contributed by atoms with Gasteiger partial charge in [0.25, 0.3) is 0 Å². The summed E-state index contributed by atoms with van der Waals surface area (Å²) in [5, 5.41) is 4.31. The maximum Gasteiger partial charge on any atom is 0.229 e. The van der Waals surface area contributed by atoms with Crippen LogP contribution in [0, 0.1) is 0 Å². The van der Waals surface area contributed by atoms with Gasteiger partial charge < -0.3 is 0 Å². The number of thiophene rings is 1. The molecule has 5 heteroatoms. The molecule has 0 bridgehead atoms. The third-order valence-corrected chi connectivity index (χ3v) is 4.76. The number of imide groups is 1. The average molecular weight is 278 g/mol. The van der Waals surface area contributed by atoms with E-state index in [0.29, 0.717) is 25.4 Å². The van der Waals surface area contributed by atoms with Crippen LogP contribution < -0.4 is 0 Å². The second kappa shape index (κ2) is 5.43. The van der Waals surface area contributed by atoms with Crippen molar-refractivity contribution in [3.63, 3.8) is 0 Å². The van der Waals surface area contributed by atoms with Crippen molar-refractivity contribution in [2.45, 2.75) is 31.7 Å². The zero-order chi connectivity index (χ0) is 13.2. The average Bonchev–Trinajstić information content (AvgIpc) is 3.09. The molecule has 2 aliphatic rings. The van der Waals surface area contributed by atoms with Gasteiger partial charge in [0.15, 0.2) is 0 Å². The third-order valence-electron chi connectivity index (χ3n) is 4.06. The zero-order valence-electron chi connectivity index (χ0n) is 10.9. The van der Waals surface area contributed by atoms with Crippen LogP contribution >= 0.6 is 11.3 Å². The molecule has 4 nitrogen and oxygen atoms in total. The van der Waals surface area contributed by atoms with E-state index in [-0.39, 0.29) is 11.8 Å². The van der Waals surface area contributed by atoms with Crippen LogP contribution in [0.5, 0.6) is 0 Å². The molecule has 2 aliphatic heterocycles. The number of carbonyl (C=O) groups excluding carboxylic acids is 2. The molecule has 0 saturated carbocycles. The van der Waals surface area contributed by atoms with E-state index in [1.165, 1.54) is 23.3 Å². The Balaban J connectivity index is 1.60. The van der Waals surface area contributed by atoms with Crippen LogP contribution in [0.3, 0.4) is 0 Å². The van der Waals surface area contributed by atoms with Crippen LogP contribution in [0.1, 0.15) is 37.3 Å². The van der Waals surface area contributed by atoms with Crippen molar-refractivity contribution in [2.75, 3.05) is 19.6 Å². The van der Waals surface area contributed by atoms with Crippen molar-refractivity contribution in [3.8, 4) is 0 Å². The van der Waals surface area contributed by atoms with Crippen molar-refractivity contribution < 1.29 is 9.59 Å². The molecular weight excluding hydrogens is 260 g/mol. The summed E-state index contributed by atoms with van der Waals surface area (Å²) in [4.78, 5) is 27.0. The zero-order valence-corrected chi connectivity index (χ0v) is 11.7. The van der Waals surface area contributed by atoms with Gasteiger partial charge >= 0.3 is 0 Å². The molecule has 0 aliphatic carbocycles. The summed E-state index contributed by atoms with van der Waals surface area (Å²) in [5.41, 5.74) is 1.38. The molecule has 2 fully saturated rings. The van der Waals surface area contributed by atoms with Gasteiger partial charge in [0.05, 0.1) is 0 Å². The predicted octanol–water partition coefficient (Wildman–Crippen LogP) is 2.03. The van der Waals surface area contributed by atoms with Crippen LogP contribution in [-0.2, 0) is 9.59 Å². The Bertz CT molecular complexity index is 456. The SMILES string of the molecule is O=C1CCC(=O)N1CCN1CCC[C@@H]1c1ccsc1. The molecule has 0 N–H and O–H groups in total. The lowest BCUT2D eigenvalue weighted by atomic mass is 10.1.